The molecule has 1 aromatic carbocycles. The van der Waals surface area contributed by atoms with Crippen molar-refractivity contribution in [3.05, 3.63) is 33.8 Å². The average Bonchev–Trinajstić information content (AvgIpc) is 3.03. The molecule has 1 atom stereocenters. The van der Waals surface area contributed by atoms with E-state index in [2.05, 4.69) is 0 Å². The third kappa shape index (κ3) is 2.87. The Morgan fingerprint density at radius 1 is 1.27 bits per heavy atom. The maximum Gasteiger partial charge on any atom is 0.0595 e. The highest BCUT2D eigenvalue weighted by molar-refractivity contribution is 6.42. The number of hydrogen-bond acceptors (Lipinski definition) is 1. The molecular weight excluding hydrogens is 229 g/mol. The molecule has 0 aliphatic heterocycles. The second-order valence-electron chi connectivity index (χ2n) is 4.29. The molecule has 0 saturated heterocycles. The van der Waals surface area contributed by atoms with Crippen LogP contribution in [0, 0.1) is 11.8 Å². The van der Waals surface area contributed by atoms with Gasteiger partial charge in [0.25, 0.3) is 0 Å². The van der Waals surface area contributed by atoms with Crippen LogP contribution in [0.25, 0.3) is 0 Å². The monoisotopic (exact) mass is 243 g/mol. The van der Waals surface area contributed by atoms with Crippen LogP contribution in [0.4, 0.5) is 0 Å². The second-order valence-corrected chi connectivity index (χ2v) is 5.10. The Kier molecular flexibility index (Phi) is 3.55. The van der Waals surface area contributed by atoms with Crippen molar-refractivity contribution < 1.29 is 0 Å². The van der Waals surface area contributed by atoms with E-state index in [4.69, 9.17) is 28.9 Å². The maximum atomic E-state index is 5.97. The van der Waals surface area contributed by atoms with Crippen LogP contribution < -0.4 is 5.73 Å². The minimum atomic E-state index is 0.613. The predicted octanol–water partition coefficient (Wildman–Crippen LogP) is 3.52. The van der Waals surface area contributed by atoms with Crippen LogP contribution in [0.3, 0.4) is 0 Å². The zero-order valence-corrected chi connectivity index (χ0v) is 10.1. The van der Waals surface area contributed by atoms with Crippen LogP contribution >= 0.6 is 23.2 Å². The van der Waals surface area contributed by atoms with Gasteiger partial charge in [-0.05, 0) is 55.3 Å². The molecule has 0 radical (unpaired) electrons. The highest BCUT2D eigenvalue weighted by Gasteiger charge is 2.30. The van der Waals surface area contributed by atoms with Crippen molar-refractivity contribution >= 4 is 23.2 Å². The molecule has 0 spiro atoms. The molecule has 1 saturated carbocycles. The van der Waals surface area contributed by atoms with Gasteiger partial charge in [-0.1, -0.05) is 29.3 Å². The van der Waals surface area contributed by atoms with E-state index in [-0.39, 0.29) is 0 Å². The van der Waals surface area contributed by atoms with Crippen molar-refractivity contribution in [2.45, 2.75) is 19.3 Å². The summed E-state index contributed by atoms with van der Waals surface area (Å²) in [5.74, 6) is 1.45. The molecule has 1 fully saturated rings. The van der Waals surface area contributed by atoms with E-state index in [1.165, 1.54) is 18.4 Å². The van der Waals surface area contributed by atoms with Crippen LogP contribution in [-0.4, -0.2) is 6.54 Å². The summed E-state index contributed by atoms with van der Waals surface area (Å²) < 4.78 is 0. The van der Waals surface area contributed by atoms with Crippen molar-refractivity contribution in [2.24, 2.45) is 17.6 Å². The predicted molar refractivity (Wildman–Crippen MR) is 65.4 cm³/mol. The summed E-state index contributed by atoms with van der Waals surface area (Å²) in [6.07, 6.45) is 3.70. The van der Waals surface area contributed by atoms with Crippen LogP contribution in [0.15, 0.2) is 18.2 Å². The standard InChI is InChI=1S/C12H15Cl2N/c13-11-4-1-8(6-12(11)14)5-10(7-15)9-2-3-9/h1,4,6,9-10H,2-3,5,7,15H2. The van der Waals surface area contributed by atoms with Gasteiger partial charge in [0.05, 0.1) is 10.0 Å². The lowest BCUT2D eigenvalue weighted by atomic mass is 9.95. The van der Waals surface area contributed by atoms with Crippen molar-refractivity contribution in [1.82, 2.24) is 0 Å². The fourth-order valence-electron chi connectivity index (χ4n) is 1.98. The van der Waals surface area contributed by atoms with E-state index in [0.29, 0.717) is 16.0 Å². The van der Waals surface area contributed by atoms with Gasteiger partial charge in [-0.3, -0.25) is 0 Å². The van der Waals surface area contributed by atoms with Crippen molar-refractivity contribution in [2.75, 3.05) is 6.54 Å². The Labute approximate surface area is 101 Å². The van der Waals surface area contributed by atoms with E-state index < -0.39 is 0 Å². The van der Waals surface area contributed by atoms with E-state index in [9.17, 15) is 0 Å². The van der Waals surface area contributed by atoms with E-state index in [1.54, 1.807) is 0 Å². The number of halogens is 2. The summed E-state index contributed by atoms with van der Waals surface area (Å²) in [4.78, 5) is 0. The lowest BCUT2D eigenvalue weighted by Crippen LogP contribution is -2.18. The second kappa shape index (κ2) is 4.73. The molecule has 0 aromatic heterocycles. The third-order valence-corrected chi connectivity index (χ3v) is 3.81. The minimum absolute atomic E-state index is 0.613. The van der Waals surface area contributed by atoms with Gasteiger partial charge in [-0.2, -0.15) is 0 Å². The molecule has 1 aromatic rings. The first-order chi connectivity index (χ1) is 7.20. The molecule has 15 heavy (non-hydrogen) atoms. The van der Waals surface area contributed by atoms with E-state index >= 15 is 0 Å². The van der Waals surface area contributed by atoms with Gasteiger partial charge in [0, 0.05) is 0 Å². The lowest BCUT2D eigenvalue weighted by Gasteiger charge is -2.13. The van der Waals surface area contributed by atoms with Gasteiger partial charge < -0.3 is 5.73 Å². The Morgan fingerprint density at radius 2 is 2.00 bits per heavy atom. The van der Waals surface area contributed by atoms with E-state index in [0.717, 1.165) is 18.9 Å². The van der Waals surface area contributed by atoms with Gasteiger partial charge in [0.2, 0.25) is 0 Å². The van der Waals surface area contributed by atoms with Crippen molar-refractivity contribution in [3.63, 3.8) is 0 Å². The molecule has 82 valence electrons. The van der Waals surface area contributed by atoms with Crippen LogP contribution in [-0.2, 0) is 6.42 Å². The fraction of sp³-hybridized carbons (Fsp3) is 0.500. The summed E-state index contributed by atoms with van der Waals surface area (Å²) in [6.45, 7) is 0.769. The van der Waals surface area contributed by atoms with Gasteiger partial charge in [0.1, 0.15) is 0 Å². The average molecular weight is 244 g/mol. The summed E-state index contributed by atoms with van der Waals surface area (Å²) in [5.41, 5.74) is 7.01. The summed E-state index contributed by atoms with van der Waals surface area (Å²) in [5, 5.41) is 1.26. The SMILES string of the molecule is NCC(Cc1ccc(Cl)c(Cl)c1)C1CC1. The lowest BCUT2D eigenvalue weighted by molar-refractivity contribution is 0.471. The number of nitrogens with two attached hydrogens (primary N) is 1. The molecular formula is C12H15Cl2N. The first-order valence-electron chi connectivity index (χ1n) is 5.34. The van der Waals surface area contributed by atoms with Gasteiger partial charge in [0.15, 0.2) is 0 Å². The van der Waals surface area contributed by atoms with Crippen molar-refractivity contribution in [1.29, 1.82) is 0 Å². The molecule has 0 amide bonds. The molecule has 2 N–H and O–H groups in total. The topological polar surface area (TPSA) is 26.0 Å². The first-order valence-corrected chi connectivity index (χ1v) is 6.10. The molecule has 1 nitrogen and oxygen atoms in total. The molecule has 0 heterocycles. The van der Waals surface area contributed by atoms with Gasteiger partial charge in [-0.15, -0.1) is 0 Å². The smallest absolute Gasteiger partial charge is 0.0595 e. The molecule has 1 aliphatic carbocycles. The Balaban J connectivity index is 2.05. The normalized spacial score (nSPS) is 17.8. The summed E-state index contributed by atoms with van der Waals surface area (Å²) in [7, 11) is 0. The first kappa shape index (κ1) is 11.3. The molecule has 3 heteroatoms. The highest BCUT2D eigenvalue weighted by atomic mass is 35.5. The van der Waals surface area contributed by atoms with Crippen molar-refractivity contribution in [3.8, 4) is 0 Å². The molecule has 0 bridgehead atoms. The molecule has 1 unspecified atom stereocenters. The number of hydrogen-bond donors (Lipinski definition) is 1. The summed E-state index contributed by atoms with van der Waals surface area (Å²) >= 11 is 11.8. The Hall–Kier alpha value is -0.240. The number of benzene rings is 1. The quantitative estimate of drug-likeness (QED) is 0.861. The van der Waals surface area contributed by atoms with Crippen LogP contribution in [0.2, 0.25) is 10.0 Å². The van der Waals surface area contributed by atoms with Gasteiger partial charge in [-0.25, -0.2) is 0 Å². The summed E-state index contributed by atoms with van der Waals surface area (Å²) in [6, 6.07) is 5.86. The zero-order valence-electron chi connectivity index (χ0n) is 8.55. The third-order valence-electron chi connectivity index (χ3n) is 3.07. The Bertz CT molecular complexity index is 347. The minimum Gasteiger partial charge on any atom is -0.330 e. The van der Waals surface area contributed by atoms with E-state index in [1.807, 2.05) is 18.2 Å². The Morgan fingerprint density at radius 3 is 2.53 bits per heavy atom. The highest BCUT2D eigenvalue weighted by Crippen LogP contribution is 2.38. The van der Waals surface area contributed by atoms with Crippen LogP contribution in [0.1, 0.15) is 18.4 Å². The van der Waals surface area contributed by atoms with Crippen LogP contribution in [0.5, 0.6) is 0 Å². The zero-order chi connectivity index (χ0) is 10.8. The maximum absolute atomic E-state index is 5.97. The molecule has 1 aliphatic rings. The largest absolute Gasteiger partial charge is 0.330 e. The van der Waals surface area contributed by atoms with Gasteiger partial charge >= 0.3 is 0 Å². The molecule has 2 rings (SSSR count). The number of rotatable bonds is 4. The fourth-order valence-corrected chi connectivity index (χ4v) is 2.30.